The monoisotopic (exact) mass is 942 g/mol. The van der Waals surface area contributed by atoms with E-state index in [0.29, 0.717) is 5.92 Å². The number of fused-ring (bicyclic) bond motifs is 3. The third-order valence-corrected chi connectivity index (χ3v) is 12.8. The van der Waals surface area contributed by atoms with Gasteiger partial charge in [-0.25, -0.2) is 0 Å². The van der Waals surface area contributed by atoms with Crippen LogP contribution in [0.15, 0.2) is 140 Å². The van der Waals surface area contributed by atoms with E-state index in [9.17, 15) is 0 Å². The van der Waals surface area contributed by atoms with Crippen LogP contribution in [0.25, 0.3) is 61.3 Å². The number of nitrogens with zero attached hydrogens (tertiary/aromatic N) is 4. The predicted octanol–water partition coefficient (Wildman–Crippen LogP) is 13.1. The molecule has 0 amide bonds. The van der Waals surface area contributed by atoms with Crippen LogP contribution in [0.1, 0.15) is 65.9 Å². The molecule has 57 heavy (non-hydrogen) atoms. The van der Waals surface area contributed by atoms with E-state index in [0.717, 1.165) is 66.8 Å². The molecule has 4 nitrogen and oxygen atoms in total. The van der Waals surface area contributed by atoms with Crippen molar-refractivity contribution < 1.29 is 21.5 Å². The third-order valence-electron chi connectivity index (χ3n) is 10.8. The Hall–Kier alpha value is -5.00. The summed E-state index contributed by atoms with van der Waals surface area (Å²) in [6, 6.07) is 46.8. The van der Waals surface area contributed by atoms with E-state index < -0.39 is 14.0 Å². The molecule has 4 heterocycles. The summed E-state index contributed by atoms with van der Waals surface area (Å²) in [5.41, 5.74) is 11.5. The molecular formula is C51H52IrN4Si-2. The van der Waals surface area contributed by atoms with Crippen molar-refractivity contribution in [3.63, 3.8) is 0 Å². The number of benzene rings is 4. The molecule has 0 bridgehead atoms. The van der Waals surface area contributed by atoms with E-state index >= 15 is 0 Å². The summed E-state index contributed by atoms with van der Waals surface area (Å²) < 4.78 is 10.8. The fourth-order valence-corrected chi connectivity index (χ4v) is 8.85. The molecule has 8 aromatic rings. The summed E-state index contributed by atoms with van der Waals surface area (Å²) in [4.78, 5) is 14.3. The van der Waals surface area contributed by atoms with Crippen LogP contribution in [0.3, 0.4) is 0 Å². The minimum atomic E-state index is -1.42. The van der Waals surface area contributed by atoms with Crippen molar-refractivity contribution in [2.75, 3.05) is 0 Å². The summed E-state index contributed by atoms with van der Waals surface area (Å²) in [6.07, 6.45) is 7.21. The first kappa shape index (κ1) is 40.2. The topological polar surface area (TPSA) is 43.6 Å². The molecule has 1 unspecified atom stereocenters. The first-order valence-electron chi connectivity index (χ1n) is 20.0. The third kappa shape index (κ3) is 8.94. The molecule has 6 heteroatoms. The summed E-state index contributed by atoms with van der Waals surface area (Å²) in [6.45, 7) is 20.3. The molecule has 0 saturated heterocycles. The van der Waals surface area contributed by atoms with Gasteiger partial charge in [0.2, 0.25) is 0 Å². The zero-order valence-corrected chi connectivity index (χ0v) is 37.9. The average molecular weight is 942 g/mol. The van der Waals surface area contributed by atoms with E-state index in [2.05, 4.69) is 143 Å². The molecular weight excluding hydrogens is 889 g/mol. The maximum Gasteiger partial charge on any atom is 0.0799 e. The van der Waals surface area contributed by atoms with Crippen LogP contribution in [0.5, 0.6) is 0 Å². The quantitative estimate of drug-likeness (QED) is 0.118. The largest absolute Gasteiger partial charge is 0.335 e. The minimum Gasteiger partial charge on any atom is -0.335 e. The van der Waals surface area contributed by atoms with Crippen LogP contribution < -0.4 is 5.19 Å². The molecule has 0 spiro atoms. The van der Waals surface area contributed by atoms with Crippen molar-refractivity contribution in [2.24, 2.45) is 5.41 Å². The van der Waals surface area contributed by atoms with Crippen molar-refractivity contribution in [2.45, 2.75) is 73.0 Å². The van der Waals surface area contributed by atoms with Crippen LogP contribution in [-0.4, -0.2) is 27.6 Å². The van der Waals surface area contributed by atoms with Crippen LogP contribution in [0.4, 0.5) is 0 Å². The molecule has 8 rings (SSSR count). The van der Waals surface area contributed by atoms with E-state index in [1.54, 1.807) is 0 Å². The Morgan fingerprint density at radius 1 is 0.684 bits per heavy atom. The number of hydrogen-bond acceptors (Lipinski definition) is 3. The molecule has 1 radical (unpaired) electrons. The van der Waals surface area contributed by atoms with Gasteiger partial charge in [-0.15, -0.1) is 47.5 Å². The molecule has 0 N–H and O–H groups in total. The maximum atomic E-state index is 8.66. The van der Waals surface area contributed by atoms with Gasteiger partial charge >= 0.3 is 0 Å². The molecule has 0 aliphatic carbocycles. The van der Waals surface area contributed by atoms with Crippen LogP contribution >= 0.6 is 0 Å². The van der Waals surface area contributed by atoms with Gasteiger partial charge in [0, 0.05) is 45.1 Å². The number of rotatable bonds is 7. The van der Waals surface area contributed by atoms with Gasteiger partial charge in [0.25, 0.3) is 0 Å². The first-order valence-corrected chi connectivity index (χ1v) is 23.0. The zero-order valence-electron chi connectivity index (χ0n) is 35.5. The second-order valence-electron chi connectivity index (χ2n) is 17.0. The summed E-state index contributed by atoms with van der Waals surface area (Å²) in [5, 5.41) is 3.68. The molecule has 0 aliphatic rings. The predicted molar refractivity (Wildman–Crippen MR) is 240 cm³/mol. The van der Waals surface area contributed by atoms with Crippen molar-refractivity contribution in [1.29, 1.82) is 0 Å². The second kappa shape index (κ2) is 17.2. The standard InChI is InChI=1S/C31H24N3.C20H28NSi.Ir/c1-21(2)28-20-32-29(18-26(28)22-11-5-3-6-12-22)23-17-27-25-15-9-10-16-30(25)34(31(27)33-19-23)24-13-7-4-8-14-24;1-15(20(2,3)4)17-13-18(16-11-9-8-10-12-16)21-14-19(17)22(5,6)7;/h3-18,20-21H,1-2H3;8-11,13-15H,1-7H3;/q2*-1;/i21D;;. The molecule has 0 fully saturated rings. The molecule has 1 atom stereocenters. The Labute approximate surface area is 355 Å². The fourth-order valence-electron chi connectivity index (χ4n) is 7.24. The maximum absolute atomic E-state index is 8.66. The summed E-state index contributed by atoms with van der Waals surface area (Å²) in [7, 11) is -1.42. The number of para-hydroxylation sites is 2. The van der Waals surface area contributed by atoms with Gasteiger partial charge in [-0.3, -0.25) is 0 Å². The molecule has 4 aromatic carbocycles. The number of pyridine rings is 3. The second-order valence-corrected chi connectivity index (χ2v) is 22.0. The SMILES string of the molecule is CC(c1cc(-c2[c-]cccc2)ncc1[Si](C)(C)C)C(C)(C)C.[2H]C(C)(C)c1cnc(-c2[c-]nc3c(c2)c2ccccc2n3-c2ccccc2)cc1-c1ccccc1.[Ir]. The van der Waals surface area contributed by atoms with E-state index in [1.807, 2.05) is 74.6 Å². The number of hydrogen-bond donors (Lipinski definition) is 0. The number of aromatic nitrogens is 4. The van der Waals surface area contributed by atoms with Gasteiger partial charge in [-0.05, 0) is 80.3 Å². The first-order chi connectivity index (χ1) is 27.1. The van der Waals surface area contributed by atoms with Crippen molar-refractivity contribution in [3.8, 4) is 39.3 Å². The van der Waals surface area contributed by atoms with Crippen molar-refractivity contribution in [3.05, 3.63) is 163 Å². The van der Waals surface area contributed by atoms with Crippen molar-refractivity contribution in [1.82, 2.24) is 19.5 Å². The zero-order chi connectivity index (χ0) is 40.5. The average Bonchev–Trinajstić information content (AvgIpc) is 3.54. The smallest absolute Gasteiger partial charge is 0.0799 e. The molecule has 4 aromatic heterocycles. The van der Waals surface area contributed by atoms with E-state index in [-0.39, 0.29) is 25.5 Å². The Morgan fingerprint density at radius 3 is 1.96 bits per heavy atom. The summed E-state index contributed by atoms with van der Waals surface area (Å²) in [5.74, 6) is -0.272. The van der Waals surface area contributed by atoms with Crippen molar-refractivity contribution >= 4 is 35.2 Å². The van der Waals surface area contributed by atoms with E-state index in [1.165, 1.54) is 10.8 Å². The Bertz CT molecular complexity index is 2640. The van der Waals surface area contributed by atoms with Crippen LogP contribution in [-0.2, 0) is 20.1 Å². The van der Waals surface area contributed by atoms with Crippen LogP contribution in [0, 0.1) is 17.7 Å². The van der Waals surface area contributed by atoms with Gasteiger partial charge in [0.15, 0.2) is 0 Å². The Morgan fingerprint density at radius 2 is 1.32 bits per heavy atom. The van der Waals surface area contributed by atoms with Gasteiger partial charge in [-0.1, -0.05) is 151 Å². The molecule has 0 aliphatic heterocycles. The molecule has 0 saturated carbocycles. The minimum absolute atomic E-state index is 0. The summed E-state index contributed by atoms with van der Waals surface area (Å²) >= 11 is 0. The normalized spacial score (nSPS) is 12.7. The Balaban J connectivity index is 0.000000214. The fraction of sp³-hybridized carbons (Fsp3) is 0.235. The van der Waals surface area contributed by atoms with Gasteiger partial charge in [0.1, 0.15) is 0 Å². The van der Waals surface area contributed by atoms with Gasteiger partial charge < -0.3 is 19.5 Å². The van der Waals surface area contributed by atoms with E-state index in [4.69, 9.17) is 16.3 Å². The Kier molecular flexibility index (Phi) is 12.2. The van der Waals surface area contributed by atoms with Gasteiger partial charge in [-0.2, -0.15) is 0 Å². The molecule has 291 valence electrons. The van der Waals surface area contributed by atoms with Gasteiger partial charge in [0.05, 0.1) is 13.7 Å². The van der Waals surface area contributed by atoms with Crippen LogP contribution in [0.2, 0.25) is 19.6 Å².